The second-order valence-electron chi connectivity index (χ2n) is 4.52. The van der Waals surface area contributed by atoms with Crippen LogP contribution in [0.4, 0.5) is 5.69 Å². The molecule has 3 nitrogen and oxygen atoms in total. The third-order valence-electron chi connectivity index (χ3n) is 3.21. The summed E-state index contributed by atoms with van der Waals surface area (Å²) in [7, 11) is 0. The maximum atomic E-state index is 6.10. The van der Waals surface area contributed by atoms with E-state index in [0.29, 0.717) is 11.4 Å². The first-order valence-electron chi connectivity index (χ1n) is 6.02. The second-order valence-corrected chi connectivity index (χ2v) is 5.41. The highest BCUT2D eigenvalue weighted by Crippen LogP contribution is 2.34. The quantitative estimate of drug-likeness (QED) is 0.707. The second kappa shape index (κ2) is 4.55. The van der Waals surface area contributed by atoms with E-state index in [1.54, 1.807) is 16.8 Å². The van der Waals surface area contributed by atoms with Crippen LogP contribution in [0.2, 0.25) is 0 Å². The van der Waals surface area contributed by atoms with Gasteiger partial charge in [-0.15, -0.1) is 11.3 Å². The molecule has 19 heavy (non-hydrogen) atoms. The number of benzene rings is 2. The van der Waals surface area contributed by atoms with E-state index in [1.807, 2.05) is 30.3 Å². The van der Waals surface area contributed by atoms with Crippen molar-refractivity contribution in [1.29, 1.82) is 0 Å². The van der Waals surface area contributed by atoms with Crippen LogP contribution < -0.4 is 10.5 Å². The fourth-order valence-corrected chi connectivity index (χ4v) is 2.62. The Bertz CT molecular complexity index is 749. The average molecular weight is 270 g/mol. The summed E-state index contributed by atoms with van der Waals surface area (Å²) in [6, 6.07) is 9.89. The molecule has 0 aliphatic heterocycles. The van der Waals surface area contributed by atoms with Crippen LogP contribution in [-0.4, -0.2) is 4.98 Å². The molecule has 0 atom stereocenters. The Kier molecular flexibility index (Phi) is 2.87. The molecule has 0 unspecified atom stereocenters. The molecule has 1 aromatic heterocycles. The lowest BCUT2D eigenvalue weighted by Gasteiger charge is -2.10. The first kappa shape index (κ1) is 12.0. The zero-order chi connectivity index (χ0) is 13.4. The van der Waals surface area contributed by atoms with Gasteiger partial charge in [0.1, 0.15) is 17.0 Å². The van der Waals surface area contributed by atoms with Gasteiger partial charge in [0, 0.05) is 0 Å². The summed E-state index contributed by atoms with van der Waals surface area (Å²) in [5.41, 5.74) is 11.7. The summed E-state index contributed by atoms with van der Waals surface area (Å²) in [5.74, 6) is 1.45. The molecule has 0 bridgehead atoms. The maximum absolute atomic E-state index is 6.10. The minimum absolute atomic E-state index is 0.594. The molecule has 0 aliphatic rings. The highest BCUT2D eigenvalue weighted by Gasteiger charge is 2.09. The molecule has 4 heteroatoms. The first-order chi connectivity index (χ1) is 9.15. The molecule has 0 saturated carbocycles. The topological polar surface area (TPSA) is 48.1 Å². The van der Waals surface area contributed by atoms with Crippen molar-refractivity contribution in [2.75, 3.05) is 5.73 Å². The minimum Gasteiger partial charge on any atom is -0.455 e. The molecular weight excluding hydrogens is 256 g/mol. The predicted octanol–water partition coefficient (Wildman–Crippen LogP) is 4.29. The summed E-state index contributed by atoms with van der Waals surface area (Å²) >= 11 is 1.57. The number of fused-ring (bicyclic) bond motifs is 1. The van der Waals surface area contributed by atoms with E-state index in [1.165, 1.54) is 11.1 Å². The highest BCUT2D eigenvalue weighted by molar-refractivity contribution is 7.16. The molecule has 0 aliphatic carbocycles. The summed E-state index contributed by atoms with van der Waals surface area (Å²) in [6.45, 7) is 4.14. The van der Waals surface area contributed by atoms with Crippen LogP contribution in [0.1, 0.15) is 11.1 Å². The number of hydrogen-bond donors (Lipinski definition) is 1. The highest BCUT2D eigenvalue weighted by atomic mass is 32.1. The van der Waals surface area contributed by atoms with Crippen LogP contribution in [0, 0.1) is 13.8 Å². The van der Waals surface area contributed by atoms with Crippen LogP contribution in [0.5, 0.6) is 11.5 Å². The number of nitrogen functional groups attached to an aromatic ring is 1. The van der Waals surface area contributed by atoms with Crippen LogP contribution in [0.25, 0.3) is 10.2 Å². The van der Waals surface area contributed by atoms with Gasteiger partial charge in [0.2, 0.25) is 0 Å². The number of nitrogens with two attached hydrogens (primary N) is 1. The largest absolute Gasteiger partial charge is 0.455 e. The van der Waals surface area contributed by atoms with Crippen molar-refractivity contribution >= 4 is 27.2 Å². The summed E-state index contributed by atoms with van der Waals surface area (Å²) in [5, 5.41) is 0. The molecular formula is C15H14N2OS. The van der Waals surface area contributed by atoms with Crippen molar-refractivity contribution in [3.63, 3.8) is 0 Å². The standard InChI is InChI=1S/C15H14N2OS/c1-9-3-4-11(7-10(9)2)18-12-5-6-13-15(14(12)16)17-8-19-13/h3-8H,16H2,1-2H3. The van der Waals surface area contributed by atoms with Crippen molar-refractivity contribution in [1.82, 2.24) is 4.98 Å². The lowest BCUT2D eigenvalue weighted by molar-refractivity contribution is 0.485. The van der Waals surface area contributed by atoms with Crippen molar-refractivity contribution in [3.05, 3.63) is 47.0 Å². The number of rotatable bonds is 2. The van der Waals surface area contributed by atoms with Gasteiger partial charge in [-0.25, -0.2) is 4.98 Å². The van der Waals surface area contributed by atoms with Crippen molar-refractivity contribution in [2.45, 2.75) is 13.8 Å². The average Bonchev–Trinajstić information content (AvgIpc) is 2.86. The zero-order valence-electron chi connectivity index (χ0n) is 10.8. The summed E-state index contributed by atoms with van der Waals surface area (Å²) in [6.07, 6.45) is 0. The number of nitrogens with zero attached hydrogens (tertiary/aromatic N) is 1. The molecule has 0 radical (unpaired) electrons. The third kappa shape index (κ3) is 2.15. The normalized spacial score (nSPS) is 10.8. The minimum atomic E-state index is 0.594. The Balaban J connectivity index is 2.00. The molecule has 0 amide bonds. The fourth-order valence-electron chi connectivity index (χ4n) is 1.93. The Morgan fingerprint density at radius 1 is 1.11 bits per heavy atom. The molecule has 0 fully saturated rings. The van der Waals surface area contributed by atoms with Crippen LogP contribution in [0.3, 0.4) is 0 Å². The molecule has 3 rings (SSSR count). The van der Waals surface area contributed by atoms with Gasteiger partial charge in [-0.3, -0.25) is 0 Å². The van der Waals surface area contributed by atoms with Gasteiger partial charge in [-0.2, -0.15) is 0 Å². The van der Waals surface area contributed by atoms with Crippen molar-refractivity contribution < 1.29 is 4.74 Å². The lowest BCUT2D eigenvalue weighted by atomic mass is 10.1. The van der Waals surface area contributed by atoms with Crippen LogP contribution >= 0.6 is 11.3 Å². The number of ether oxygens (including phenoxy) is 1. The summed E-state index contributed by atoms with van der Waals surface area (Å²) < 4.78 is 6.94. The number of aryl methyl sites for hydroxylation is 2. The molecule has 0 spiro atoms. The van der Waals surface area contributed by atoms with E-state index in [9.17, 15) is 0 Å². The monoisotopic (exact) mass is 270 g/mol. The predicted molar refractivity (Wildman–Crippen MR) is 80.0 cm³/mol. The number of hydrogen-bond acceptors (Lipinski definition) is 4. The molecule has 2 aromatic carbocycles. The Hall–Kier alpha value is -2.07. The smallest absolute Gasteiger partial charge is 0.152 e. The Morgan fingerprint density at radius 2 is 1.95 bits per heavy atom. The van der Waals surface area contributed by atoms with Gasteiger partial charge >= 0.3 is 0 Å². The van der Waals surface area contributed by atoms with Gasteiger partial charge in [-0.1, -0.05) is 6.07 Å². The lowest BCUT2D eigenvalue weighted by Crippen LogP contribution is -1.93. The Morgan fingerprint density at radius 3 is 2.74 bits per heavy atom. The van der Waals surface area contributed by atoms with Gasteiger partial charge in [0.25, 0.3) is 0 Å². The van der Waals surface area contributed by atoms with Crippen molar-refractivity contribution in [2.24, 2.45) is 0 Å². The number of thiazole rings is 1. The summed E-state index contributed by atoms with van der Waals surface area (Å²) in [4.78, 5) is 4.27. The SMILES string of the molecule is Cc1ccc(Oc2ccc3scnc3c2N)cc1C. The van der Waals surface area contributed by atoms with E-state index in [2.05, 4.69) is 18.8 Å². The molecule has 2 N–H and O–H groups in total. The van der Waals surface area contributed by atoms with Gasteiger partial charge in [0.15, 0.2) is 5.75 Å². The molecule has 96 valence electrons. The molecule has 0 saturated heterocycles. The fraction of sp³-hybridized carbons (Fsp3) is 0.133. The van der Waals surface area contributed by atoms with Crippen LogP contribution in [0.15, 0.2) is 35.8 Å². The van der Waals surface area contributed by atoms with Gasteiger partial charge in [-0.05, 0) is 49.2 Å². The first-order valence-corrected chi connectivity index (χ1v) is 6.90. The third-order valence-corrected chi connectivity index (χ3v) is 4.00. The van der Waals surface area contributed by atoms with Crippen LogP contribution in [-0.2, 0) is 0 Å². The number of anilines is 1. The van der Waals surface area contributed by atoms with Crippen molar-refractivity contribution in [3.8, 4) is 11.5 Å². The van der Waals surface area contributed by atoms with Gasteiger partial charge in [0.05, 0.1) is 10.2 Å². The number of aromatic nitrogens is 1. The molecule has 1 heterocycles. The molecule has 3 aromatic rings. The Labute approximate surface area is 115 Å². The maximum Gasteiger partial charge on any atom is 0.152 e. The van der Waals surface area contributed by atoms with E-state index in [-0.39, 0.29) is 0 Å². The van der Waals surface area contributed by atoms with E-state index in [0.717, 1.165) is 16.0 Å². The van der Waals surface area contributed by atoms with E-state index < -0.39 is 0 Å². The van der Waals surface area contributed by atoms with E-state index in [4.69, 9.17) is 10.5 Å². The van der Waals surface area contributed by atoms with E-state index >= 15 is 0 Å². The zero-order valence-corrected chi connectivity index (χ0v) is 11.6. The van der Waals surface area contributed by atoms with Gasteiger partial charge < -0.3 is 10.5 Å².